The Morgan fingerprint density at radius 2 is 1.76 bits per heavy atom. The van der Waals surface area contributed by atoms with Crippen LogP contribution >= 0.6 is 0 Å². The van der Waals surface area contributed by atoms with Gasteiger partial charge in [-0.25, -0.2) is 4.79 Å². The molecule has 0 saturated carbocycles. The van der Waals surface area contributed by atoms with Gasteiger partial charge in [-0.1, -0.05) is 39.0 Å². The van der Waals surface area contributed by atoms with Crippen LogP contribution in [-0.2, 0) is 9.53 Å². The van der Waals surface area contributed by atoms with Gasteiger partial charge in [0.05, 0.1) is 0 Å². The van der Waals surface area contributed by atoms with E-state index in [4.69, 9.17) is 0 Å². The van der Waals surface area contributed by atoms with Crippen LogP contribution in [0.15, 0.2) is 12.4 Å². The van der Waals surface area contributed by atoms with Crippen molar-refractivity contribution in [3.63, 3.8) is 0 Å². The molecule has 0 spiro atoms. The minimum absolute atomic E-state index is 0.572. The Bertz CT molecular complexity index is 359. The van der Waals surface area contributed by atoms with Crippen molar-refractivity contribution in [2.24, 2.45) is 0 Å². The van der Waals surface area contributed by atoms with E-state index < -0.39 is 18.5 Å². The summed E-state index contributed by atoms with van der Waals surface area (Å²) in [6, 6.07) is 0. The molecule has 0 fully saturated rings. The summed E-state index contributed by atoms with van der Waals surface area (Å²) in [5.74, 6) is -2.16. The topological polar surface area (TPSA) is 32.8 Å². The Morgan fingerprint density at radius 3 is 2.38 bits per heavy atom. The highest BCUT2D eigenvalue weighted by molar-refractivity contribution is 5.75. The van der Waals surface area contributed by atoms with E-state index in [1.54, 1.807) is 24.3 Å². The molecule has 1 heterocycles. The molecule has 0 N–H and O–H groups in total. The average Bonchev–Trinajstić information content (AvgIpc) is 2.74. The molecule has 0 aromatic heterocycles. The van der Waals surface area contributed by atoms with Gasteiger partial charge in [0.1, 0.15) is 0 Å². The van der Waals surface area contributed by atoms with Gasteiger partial charge in [0.25, 0.3) is 6.35 Å². The molecule has 0 amide bonds. The van der Waals surface area contributed by atoms with Crippen LogP contribution in [0.1, 0.15) is 45.4 Å². The average molecular weight is 308 g/mol. The van der Waals surface area contributed by atoms with E-state index in [9.17, 15) is 18.0 Å². The molecule has 1 rings (SSSR count). The molecule has 122 valence electrons. The smallest absolute Gasteiger partial charge is 0.416 e. The number of hydrogen-bond donors (Lipinski definition) is 0. The maximum atomic E-state index is 12.2. The summed E-state index contributed by atoms with van der Waals surface area (Å²) in [5.41, 5.74) is 0. The van der Waals surface area contributed by atoms with Crippen LogP contribution < -0.4 is 0 Å². The molecular weight excluding hydrogens is 285 g/mol. The first-order chi connectivity index (χ1) is 9.86. The Kier molecular flexibility index (Phi) is 6.84. The molecule has 1 unspecified atom stereocenters. The Labute approximate surface area is 123 Å². The van der Waals surface area contributed by atoms with Gasteiger partial charge in [-0.3, -0.25) is 0 Å². The molecule has 0 saturated heterocycles. The van der Waals surface area contributed by atoms with Crippen molar-refractivity contribution < 1.29 is 22.7 Å². The number of carbonyl (C=O) groups excluding carboxylic acids is 1. The van der Waals surface area contributed by atoms with Crippen LogP contribution in [0.4, 0.5) is 13.2 Å². The standard InChI is InChI=1S/C14H23F3N2O2/c1-3-4-5-6-7-8-9-19-11-10-18(2)13(19)21-12(20)14(15,16)17/h10-11,13H,3-9H2,1-2H3. The zero-order valence-electron chi connectivity index (χ0n) is 12.5. The van der Waals surface area contributed by atoms with E-state index in [1.165, 1.54) is 24.2 Å². The van der Waals surface area contributed by atoms with Crippen molar-refractivity contribution in [1.29, 1.82) is 0 Å². The molecule has 1 aliphatic heterocycles. The van der Waals surface area contributed by atoms with Crippen molar-refractivity contribution >= 4 is 5.97 Å². The van der Waals surface area contributed by atoms with Gasteiger partial charge >= 0.3 is 12.1 Å². The normalized spacial score (nSPS) is 18.4. The highest BCUT2D eigenvalue weighted by Crippen LogP contribution is 2.22. The molecule has 0 aromatic carbocycles. The first-order valence-corrected chi connectivity index (χ1v) is 7.30. The molecule has 0 bridgehead atoms. The summed E-state index contributed by atoms with van der Waals surface area (Å²) in [5, 5.41) is 0. The molecule has 0 aliphatic carbocycles. The fourth-order valence-electron chi connectivity index (χ4n) is 2.15. The molecule has 0 aromatic rings. The highest BCUT2D eigenvalue weighted by atomic mass is 19.4. The molecule has 1 aliphatic rings. The largest absolute Gasteiger partial charge is 0.491 e. The van der Waals surface area contributed by atoms with Crippen molar-refractivity contribution in [2.75, 3.05) is 13.6 Å². The van der Waals surface area contributed by atoms with Gasteiger partial charge in [0, 0.05) is 26.0 Å². The van der Waals surface area contributed by atoms with Gasteiger partial charge in [-0.2, -0.15) is 13.2 Å². The van der Waals surface area contributed by atoms with Crippen LogP contribution in [-0.4, -0.2) is 41.9 Å². The van der Waals surface area contributed by atoms with Crippen LogP contribution in [0.25, 0.3) is 0 Å². The number of alkyl halides is 3. The molecular formula is C14H23F3N2O2. The summed E-state index contributed by atoms with van der Waals surface area (Å²) < 4.78 is 41.3. The lowest BCUT2D eigenvalue weighted by molar-refractivity contribution is -0.218. The third kappa shape index (κ3) is 5.85. The number of halogens is 3. The molecule has 4 nitrogen and oxygen atoms in total. The van der Waals surface area contributed by atoms with Crippen LogP contribution in [0.3, 0.4) is 0 Å². The zero-order chi connectivity index (χ0) is 15.9. The SMILES string of the molecule is CCCCCCCCN1C=CN(C)C1OC(=O)C(F)(F)F. The van der Waals surface area contributed by atoms with Crippen LogP contribution in [0.2, 0.25) is 0 Å². The Balaban J connectivity index is 2.35. The fraction of sp³-hybridized carbons (Fsp3) is 0.786. The number of ether oxygens (including phenoxy) is 1. The molecule has 1 atom stereocenters. The lowest BCUT2D eigenvalue weighted by Crippen LogP contribution is -2.43. The van der Waals surface area contributed by atoms with E-state index >= 15 is 0 Å². The van der Waals surface area contributed by atoms with Gasteiger partial charge in [-0.15, -0.1) is 0 Å². The summed E-state index contributed by atoms with van der Waals surface area (Å²) in [6.07, 6.45) is 3.85. The predicted molar refractivity (Wildman–Crippen MR) is 72.9 cm³/mol. The van der Waals surface area contributed by atoms with Gasteiger partial charge in [-0.05, 0) is 6.42 Å². The van der Waals surface area contributed by atoms with Crippen molar-refractivity contribution in [1.82, 2.24) is 9.80 Å². The van der Waals surface area contributed by atoms with Gasteiger partial charge < -0.3 is 14.5 Å². The lowest BCUT2D eigenvalue weighted by atomic mass is 10.1. The van der Waals surface area contributed by atoms with Crippen molar-refractivity contribution in [3.05, 3.63) is 12.4 Å². The first-order valence-electron chi connectivity index (χ1n) is 7.30. The molecule has 7 heteroatoms. The fourth-order valence-corrected chi connectivity index (χ4v) is 2.15. The van der Waals surface area contributed by atoms with E-state index in [0.29, 0.717) is 6.54 Å². The monoisotopic (exact) mass is 308 g/mol. The minimum atomic E-state index is -4.96. The molecule has 0 radical (unpaired) electrons. The van der Waals surface area contributed by atoms with E-state index in [0.717, 1.165) is 19.3 Å². The summed E-state index contributed by atoms with van der Waals surface area (Å²) in [4.78, 5) is 14.0. The second-order valence-electron chi connectivity index (χ2n) is 5.20. The number of carbonyl (C=O) groups is 1. The van der Waals surface area contributed by atoms with Crippen LogP contribution in [0.5, 0.6) is 0 Å². The predicted octanol–water partition coefficient (Wildman–Crippen LogP) is 3.45. The maximum absolute atomic E-state index is 12.2. The van der Waals surface area contributed by atoms with E-state index in [2.05, 4.69) is 11.7 Å². The first kappa shape index (κ1) is 17.7. The minimum Gasteiger partial charge on any atom is -0.416 e. The van der Waals surface area contributed by atoms with Gasteiger partial charge in [0.2, 0.25) is 0 Å². The third-order valence-electron chi connectivity index (χ3n) is 3.34. The number of esters is 1. The van der Waals surface area contributed by atoms with Crippen LogP contribution in [0, 0.1) is 0 Å². The Hall–Kier alpha value is -1.40. The maximum Gasteiger partial charge on any atom is 0.491 e. The van der Waals surface area contributed by atoms with Gasteiger partial charge in [0.15, 0.2) is 0 Å². The second kappa shape index (κ2) is 8.14. The number of hydrogen-bond acceptors (Lipinski definition) is 4. The van der Waals surface area contributed by atoms with Crippen molar-refractivity contribution in [3.8, 4) is 0 Å². The third-order valence-corrected chi connectivity index (χ3v) is 3.34. The quantitative estimate of drug-likeness (QED) is 0.508. The second-order valence-corrected chi connectivity index (χ2v) is 5.20. The van der Waals surface area contributed by atoms with E-state index in [1.807, 2.05) is 0 Å². The highest BCUT2D eigenvalue weighted by Gasteiger charge is 2.44. The summed E-state index contributed by atoms with van der Waals surface area (Å²) in [7, 11) is 1.58. The van der Waals surface area contributed by atoms with Crippen molar-refractivity contribution in [2.45, 2.75) is 58.0 Å². The molecule has 21 heavy (non-hydrogen) atoms. The summed E-state index contributed by atoms with van der Waals surface area (Å²) >= 11 is 0. The van der Waals surface area contributed by atoms with E-state index in [-0.39, 0.29) is 0 Å². The number of unbranched alkanes of at least 4 members (excludes halogenated alkanes) is 5. The lowest BCUT2D eigenvalue weighted by Gasteiger charge is -2.29. The zero-order valence-corrected chi connectivity index (χ0v) is 12.5. The summed E-state index contributed by atoms with van der Waals surface area (Å²) in [6.45, 7) is 2.72. The number of nitrogens with zero attached hydrogens (tertiary/aromatic N) is 2. The Morgan fingerprint density at radius 1 is 1.14 bits per heavy atom. The number of rotatable bonds is 8.